The number of rotatable bonds is 11. The van der Waals surface area contributed by atoms with Crippen molar-refractivity contribution in [3.63, 3.8) is 0 Å². The summed E-state index contributed by atoms with van der Waals surface area (Å²) in [5.41, 5.74) is 1.63. The van der Waals surface area contributed by atoms with Gasteiger partial charge in [0.05, 0.1) is 5.75 Å². The fourth-order valence-electron chi connectivity index (χ4n) is 3.16. The lowest BCUT2D eigenvalue weighted by Gasteiger charge is -2.31. The van der Waals surface area contributed by atoms with E-state index in [1.807, 2.05) is 26.8 Å². The van der Waals surface area contributed by atoms with Gasteiger partial charge in [-0.15, -0.1) is 11.8 Å². The third-order valence-electron chi connectivity index (χ3n) is 5.24. The molecule has 2 aromatic rings. The fourth-order valence-corrected chi connectivity index (χ4v) is 5.10. The Kier molecular flexibility index (Phi) is 11.7. The Bertz CT molecular complexity index is 973. The topological polar surface area (TPSA) is 49.4 Å². The number of nitrogens with zero attached hydrogens (tertiary/aromatic N) is 1. The summed E-state index contributed by atoms with van der Waals surface area (Å²) >= 11 is 26.0. The molecule has 0 saturated carbocycles. The minimum atomic E-state index is -0.613. The van der Waals surface area contributed by atoms with Crippen LogP contribution in [0, 0.1) is 0 Å². The molecule has 9 heteroatoms. The van der Waals surface area contributed by atoms with E-state index in [0.717, 1.165) is 17.5 Å². The van der Waals surface area contributed by atoms with E-state index in [0.29, 0.717) is 32.3 Å². The summed E-state index contributed by atoms with van der Waals surface area (Å²) in [6.45, 7) is 6.05. The molecule has 0 saturated heterocycles. The molecule has 2 amide bonds. The number of carbonyl (C=O) groups is 2. The van der Waals surface area contributed by atoms with E-state index in [9.17, 15) is 9.59 Å². The molecule has 1 N–H and O–H groups in total. The molecule has 4 nitrogen and oxygen atoms in total. The first-order valence-corrected chi connectivity index (χ1v) is 13.4. The van der Waals surface area contributed by atoms with Crippen molar-refractivity contribution in [3.8, 4) is 0 Å². The monoisotopic (exact) mass is 548 g/mol. The first kappa shape index (κ1) is 28.1. The summed E-state index contributed by atoms with van der Waals surface area (Å²) in [7, 11) is 0. The number of thioether (sulfide) groups is 1. The zero-order valence-electron chi connectivity index (χ0n) is 18.8. The molecule has 33 heavy (non-hydrogen) atoms. The van der Waals surface area contributed by atoms with E-state index in [1.165, 1.54) is 11.8 Å². The van der Waals surface area contributed by atoms with Crippen molar-refractivity contribution in [1.82, 2.24) is 10.2 Å². The van der Waals surface area contributed by atoms with Gasteiger partial charge in [-0.05, 0) is 55.2 Å². The average molecular weight is 550 g/mol. The second kappa shape index (κ2) is 13.7. The zero-order valence-corrected chi connectivity index (χ0v) is 22.7. The van der Waals surface area contributed by atoms with Crippen LogP contribution in [0.3, 0.4) is 0 Å². The highest BCUT2D eigenvalue weighted by Gasteiger charge is 2.29. The molecular weight excluding hydrogens is 522 g/mol. The number of hydrogen-bond acceptors (Lipinski definition) is 3. The van der Waals surface area contributed by atoms with Crippen LogP contribution in [0.2, 0.25) is 20.1 Å². The van der Waals surface area contributed by atoms with Gasteiger partial charge in [0.2, 0.25) is 11.8 Å². The third kappa shape index (κ3) is 8.56. The van der Waals surface area contributed by atoms with Crippen molar-refractivity contribution in [2.75, 3.05) is 5.75 Å². The molecule has 0 radical (unpaired) electrons. The van der Waals surface area contributed by atoms with E-state index in [4.69, 9.17) is 46.4 Å². The highest BCUT2D eigenvalue weighted by molar-refractivity contribution is 7.99. The predicted octanol–water partition coefficient (Wildman–Crippen LogP) is 7.26. The molecule has 180 valence electrons. The van der Waals surface area contributed by atoms with Crippen LogP contribution >= 0.6 is 58.2 Å². The summed E-state index contributed by atoms with van der Waals surface area (Å²) in [6, 6.07) is 9.85. The van der Waals surface area contributed by atoms with E-state index in [2.05, 4.69) is 5.32 Å². The fraction of sp³-hybridized carbons (Fsp3) is 0.417. The molecule has 0 aliphatic heterocycles. The Hall–Kier alpha value is -1.11. The van der Waals surface area contributed by atoms with Crippen LogP contribution in [0.4, 0.5) is 0 Å². The summed E-state index contributed by atoms with van der Waals surface area (Å²) in [6.07, 6.45) is 1.28. The van der Waals surface area contributed by atoms with E-state index in [-0.39, 0.29) is 30.2 Å². The molecule has 0 unspecified atom stereocenters. The lowest BCUT2D eigenvalue weighted by molar-refractivity contribution is -0.139. The maximum Gasteiger partial charge on any atom is 0.243 e. The second-order valence-electron chi connectivity index (χ2n) is 7.73. The molecule has 0 bridgehead atoms. The maximum absolute atomic E-state index is 13.3. The molecule has 0 fully saturated rings. The van der Waals surface area contributed by atoms with Gasteiger partial charge in [0.1, 0.15) is 6.04 Å². The Morgan fingerprint density at radius 3 is 2.03 bits per heavy atom. The smallest absolute Gasteiger partial charge is 0.243 e. The first-order valence-electron chi connectivity index (χ1n) is 10.7. The summed E-state index contributed by atoms with van der Waals surface area (Å²) < 4.78 is 0. The van der Waals surface area contributed by atoms with Gasteiger partial charge in [-0.25, -0.2) is 0 Å². The number of amides is 2. The van der Waals surface area contributed by atoms with Crippen LogP contribution in [-0.2, 0) is 21.9 Å². The molecule has 2 atom stereocenters. The average Bonchev–Trinajstić information content (AvgIpc) is 2.76. The standard InChI is InChI=1S/C24H28Cl4N2O2S/c1-4-15(3)29-24(32)22(5-2)30(12-16-6-8-18(25)10-20(16)27)23(31)14-33-13-17-7-9-19(26)11-21(17)28/h6-11,15,22H,4-5,12-14H2,1-3H3,(H,29,32)/t15-,22+/m1/s1. The molecule has 0 heterocycles. The Balaban J connectivity index is 2.20. The Labute approximate surface area is 220 Å². The van der Waals surface area contributed by atoms with Crippen molar-refractivity contribution in [2.45, 2.75) is 58.0 Å². The zero-order chi connectivity index (χ0) is 24.5. The summed E-state index contributed by atoms with van der Waals surface area (Å²) in [5.74, 6) is 0.419. The largest absolute Gasteiger partial charge is 0.352 e. The SMILES string of the molecule is CC[C@@H](C)NC(=O)[C@H](CC)N(Cc1ccc(Cl)cc1Cl)C(=O)CSCc1ccc(Cl)cc1Cl. The third-order valence-corrected chi connectivity index (χ3v) is 7.38. The molecular formula is C24H28Cl4N2O2S. The second-order valence-corrected chi connectivity index (χ2v) is 10.4. The van der Waals surface area contributed by atoms with Crippen LogP contribution in [0.25, 0.3) is 0 Å². The van der Waals surface area contributed by atoms with Crippen LogP contribution in [0.15, 0.2) is 36.4 Å². The van der Waals surface area contributed by atoms with Crippen LogP contribution in [-0.4, -0.2) is 34.6 Å². The van der Waals surface area contributed by atoms with Gasteiger partial charge in [0, 0.05) is 38.4 Å². The number of halogens is 4. The van der Waals surface area contributed by atoms with Gasteiger partial charge in [0.25, 0.3) is 0 Å². The minimum absolute atomic E-state index is 0.0176. The highest BCUT2D eigenvalue weighted by atomic mass is 35.5. The molecule has 0 aromatic heterocycles. The summed E-state index contributed by atoms with van der Waals surface area (Å²) in [5, 5.41) is 5.09. The Morgan fingerprint density at radius 1 is 0.939 bits per heavy atom. The molecule has 2 aromatic carbocycles. The quantitative estimate of drug-likeness (QED) is 0.321. The molecule has 2 rings (SSSR count). The Morgan fingerprint density at radius 2 is 1.52 bits per heavy atom. The van der Waals surface area contributed by atoms with Crippen LogP contribution < -0.4 is 5.32 Å². The van der Waals surface area contributed by atoms with Gasteiger partial charge in [0.15, 0.2) is 0 Å². The van der Waals surface area contributed by atoms with E-state index >= 15 is 0 Å². The minimum Gasteiger partial charge on any atom is -0.352 e. The van der Waals surface area contributed by atoms with Crippen LogP contribution in [0.1, 0.15) is 44.7 Å². The van der Waals surface area contributed by atoms with E-state index in [1.54, 1.807) is 35.2 Å². The van der Waals surface area contributed by atoms with Gasteiger partial charge in [-0.3, -0.25) is 9.59 Å². The van der Waals surface area contributed by atoms with Gasteiger partial charge in [-0.1, -0.05) is 72.4 Å². The number of hydrogen-bond donors (Lipinski definition) is 1. The van der Waals surface area contributed by atoms with Crippen molar-refractivity contribution in [1.29, 1.82) is 0 Å². The van der Waals surface area contributed by atoms with Gasteiger partial charge >= 0.3 is 0 Å². The summed E-state index contributed by atoms with van der Waals surface area (Å²) in [4.78, 5) is 27.9. The van der Waals surface area contributed by atoms with Crippen molar-refractivity contribution < 1.29 is 9.59 Å². The lowest BCUT2D eigenvalue weighted by atomic mass is 10.1. The van der Waals surface area contributed by atoms with Crippen molar-refractivity contribution in [3.05, 3.63) is 67.6 Å². The maximum atomic E-state index is 13.3. The number of carbonyl (C=O) groups excluding carboxylic acids is 2. The molecule has 0 spiro atoms. The molecule has 0 aliphatic rings. The predicted molar refractivity (Wildman–Crippen MR) is 142 cm³/mol. The highest BCUT2D eigenvalue weighted by Crippen LogP contribution is 2.27. The number of benzene rings is 2. The molecule has 0 aliphatic carbocycles. The van der Waals surface area contributed by atoms with Crippen molar-refractivity contribution in [2.24, 2.45) is 0 Å². The van der Waals surface area contributed by atoms with Crippen LogP contribution in [0.5, 0.6) is 0 Å². The van der Waals surface area contributed by atoms with Gasteiger partial charge in [-0.2, -0.15) is 0 Å². The van der Waals surface area contributed by atoms with Crippen molar-refractivity contribution >= 4 is 70.0 Å². The normalized spacial score (nSPS) is 12.8. The number of nitrogens with one attached hydrogen (secondary N) is 1. The first-order chi connectivity index (χ1) is 15.7. The van der Waals surface area contributed by atoms with Gasteiger partial charge < -0.3 is 10.2 Å². The van der Waals surface area contributed by atoms with E-state index < -0.39 is 6.04 Å². The lowest BCUT2D eigenvalue weighted by Crippen LogP contribution is -2.51.